The number of rotatable bonds is 4. The molecule has 0 bridgehead atoms. The van der Waals surface area contributed by atoms with E-state index in [4.69, 9.17) is 0 Å². The molecule has 1 N–H and O–H groups in total. The van der Waals surface area contributed by atoms with Crippen molar-refractivity contribution in [1.29, 1.82) is 0 Å². The molecule has 0 unspecified atom stereocenters. The zero-order valence-electron chi connectivity index (χ0n) is 15.4. The minimum atomic E-state index is -4.83. The quantitative estimate of drug-likeness (QED) is 0.629. The van der Waals surface area contributed by atoms with Gasteiger partial charge >= 0.3 is 6.18 Å². The number of hydrogen-bond acceptors (Lipinski definition) is 3. The van der Waals surface area contributed by atoms with E-state index in [0.29, 0.717) is 5.56 Å². The summed E-state index contributed by atoms with van der Waals surface area (Å²) in [5.74, 6) is -0.783. The number of amides is 1. The van der Waals surface area contributed by atoms with Gasteiger partial charge in [0.05, 0.1) is 10.5 Å². The summed E-state index contributed by atoms with van der Waals surface area (Å²) < 4.78 is 80.5. The largest absolute Gasteiger partial charge is 0.417 e. The van der Waals surface area contributed by atoms with Crippen molar-refractivity contribution in [2.75, 3.05) is 13.1 Å². The Morgan fingerprint density at radius 2 is 1.67 bits per heavy atom. The molecule has 11 heteroatoms. The number of halogens is 5. The van der Waals surface area contributed by atoms with Crippen LogP contribution in [0.25, 0.3) is 0 Å². The lowest BCUT2D eigenvalue weighted by Gasteiger charge is -2.32. The normalized spacial score (nSPS) is 16.0. The fourth-order valence-electron chi connectivity index (χ4n) is 3.22. The topological polar surface area (TPSA) is 66.5 Å². The van der Waals surface area contributed by atoms with Crippen molar-refractivity contribution in [3.05, 3.63) is 63.9 Å². The molecule has 1 saturated heterocycles. The van der Waals surface area contributed by atoms with E-state index in [1.807, 2.05) is 0 Å². The van der Waals surface area contributed by atoms with E-state index < -0.39 is 38.5 Å². The fourth-order valence-corrected chi connectivity index (χ4v) is 5.09. The van der Waals surface area contributed by atoms with Gasteiger partial charge < -0.3 is 4.90 Å². The van der Waals surface area contributed by atoms with E-state index in [1.54, 1.807) is 0 Å². The molecule has 0 atom stereocenters. The molecule has 162 valence electrons. The molecule has 30 heavy (non-hydrogen) atoms. The third-order valence-corrected chi connectivity index (χ3v) is 6.80. The van der Waals surface area contributed by atoms with Crippen molar-refractivity contribution in [3.63, 3.8) is 0 Å². The van der Waals surface area contributed by atoms with Crippen molar-refractivity contribution >= 4 is 31.9 Å². The first kappa shape index (κ1) is 22.7. The van der Waals surface area contributed by atoms with Crippen LogP contribution in [-0.2, 0) is 16.2 Å². The Bertz CT molecular complexity index is 1030. The van der Waals surface area contributed by atoms with Gasteiger partial charge in [-0.15, -0.1) is 0 Å². The lowest BCUT2D eigenvalue weighted by Crippen LogP contribution is -2.46. The maximum atomic E-state index is 13.3. The molecule has 1 amide bonds. The average molecular weight is 509 g/mol. The van der Waals surface area contributed by atoms with Crippen LogP contribution in [0.15, 0.2) is 51.8 Å². The van der Waals surface area contributed by atoms with Crippen LogP contribution in [0.3, 0.4) is 0 Å². The van der Waals surface area contributed by atoms with Crippen molar-refractivity contribution in [3.8, 4) is 0 Å². The fraction of sp³-hybridized carbons (Fsp3) is 0.316. The van der Waals surface area contributed by atoms with Gasteiger partial charge in [-0.05, 0) is 55.3 Å². The Kier molecular flexibility index (Phi) is 6.54. The molecule has 1 heterocycles. The standard InChI is InChI=1S/C19H17BrF4N2O3S/c20-13-3-6-17(16(11-13)19(22,23)24)30(28,29)25-15-7-9-26(10-8-15)18(27)12-1-4-14(21)5-2-12/h1-6,11,15,25H,7-10H2. The Balaban J connectivity index is 1.69. The van der Waals surface area contributed by atoms with E-state index in [-0.39, 0.29) is 36.3 Å². The first-order valence-electron chi connectivity index (χ1n) is 8.91. The third kappa shape index (κ3) is 5.19. The summed E-state index contributed by atoms with van der Waals surface area (Å²) in [5.41, 5.74) is -0.951. The number of nitrogens with one attached hydrogen (secondary N) is 1. The number of carbonyl (C=O) groups is 1. The SMILES string of the molecule is O=C(c1ccc(F)cc1)N1CCC(NS(=O)(=O)c2ccc(Br)cc2C(F)(F)F)CC1. The number of piperidine rings is 1. The summed E-state index contributed by atoms with van der Waals surface area (Å²) in [6.45, 7) is 0.436. The van der Waals surface area contributed by atoms with Crippen molar-refractivity contribution in [1.82, 2.24) is 9.62 Å². The van der Waals surface area contributed by atoms with Crippen LogP contribution in [0, 0.1) is 5.82 Å². The summed E-state index contributed by atoms with van der Waals surface area (Å²) in [6.07, 6.45) is -4.35. The van der Waals surface area contributed by atoms with E-state index in [1.165, 1.54) is 35.2 Å². The Morgan fingerprint density at radius 3 is 2.23 bits per heavy atom. The van der Waals surface area contributed by atoms with Gasteiger partial charge in [-0.3, -0.25) is 4.79 Å². The van der Waals surface area contributed by atoms with Crippen molar-refractivity contribution < 1.29 is 30.8 Å². The smallest absolute Gasteiger partial charge is 0.339 e. The highest BCUT2D eigenvalue weighted by molar-refractivity contribution is 9.10. The van der Waals surface area contributed by atoms with E-state index in [9.17, 15) is 30.8 Å². The van der Waals surface area contributed by atoms with Crippen LogP contribution >= 0.6 is 15.9 Å². The highest BCUT2D eigenvalue weighted by atomic mass is 79.9. The average Bonchev–Trinajstić information content (AvgIpc) is 2.67. The van der Waals surface area contributed by atoms with Crippen LogP contribution in [0.2, 0.25) is 0 Å². The van der Waals surface area contributed by atoms with Crippen LogP contribution in [0.5, 0.6) is 0 Å². The number of hydrogen-bond donors (Lipinski definition) is 1. The van der Waals surface area contributed by atoms with Crippen molar-refractivity contribution in [2.45, 2.75) is 30.0 Å². The molecular formula is C19H17BrF4N2O3S. The number of carbonyl (C=O) groups excluding carboxylic acids is 1. The third-order valence-electron chi connectivity index (χ3n) is 4.73. The summed E-state index contributed by atoms with van der Waals surface area (Å²) >= 11 is 2.92. The molecule has 0 aliphatic carbocycles. The first-order chi connectivity index (χ1) is 14.0. The lowest BCUT2D eigenvalue weighted by molar-refractivity contribution is -0.139. The molecular weight excluding hydrogens is 492 g/mol. The molecule has 0 radical (unpaired) electrons. The predicted octanol–water partition coefficient (Wildman–Crippen LogP) is 4.19. The van der Waals surface area contributed by atoms with Gasteiger partial charge in [0.1, 0.15) is 5.82 Å². The molecule has 5 nitrogen and oxygen atoms in total. The molecule has 1 aliphatic rings. The van der Waals surface area contributed by atoms with Gasteiger partial charge in [0.15, 0.2) is 0 Å². The molecule has 0 aromatic heterocycles. The first-order valence-corrected chi connectivity index (χ1v) is 11.2. The van der Waals surface area contributed by atoms with Crippen LogP contribution in [0.4, 0.5) is 17.6 Å². The Hall–Kier alpha value is -1.98. The second kappa shape index (κ2) is 8.64. The minimum absolute atomic E-state index is 0.112. The molecule has 3 rings (SSSR count). The molecule has 1 fully saturated rings. The van der Waals surface area contributed by atoms with Crippen LogP contribution < -0.4 is 4.72 Å². The summed E-state index contributed by atoms with van der Waals surface area (Å²) in [6, 6.07) is 7.30. The highest BCUT2D eigenvalue weighted by Gasteiger charge is 2.38. The van der Waals surface area contributed by atoms with E-state index in [2.05, 4.69) is 20.7 Å². The van der Waals surface area contributed by atoms with Gasteiger partial charge in [-0.2, -0.15) is 13.2 Å². The molecule has 2 aromatic carbocycles. The van der Waals surface area contributed by atoms with Crippen LogP contribution in [0.1, 0.15) is 28.8 Å². The van der Waals surface area contributed by atoms with Gasteiger partial charge in [0.25, 0.3) is 5.91 Å². The summed E-state index contributed by atoms with van der Waals surface area (Å²) in [5, 5.41) is 0. The predicted molar refractivity (Wildman–Crippen MR) is 105 cm³/mol. The maximum absolute atomic E-state index is 13.3. The molecule has 2 aromatic rings. The Morgan fingerprint density at radius 1 is 1.07 bits per heavy atom. The minimum Gasteiger partial charge on any atom is -0.339 e. The number of alkyl halides is 3. The monoisotopic (exact) mass is 508 g/mol. The number of sulfonamides is 1. The van der Waals surface area contributed by atoms with Crippen LogP contribution in [-0.4, -0.2) is 38.4 Å². The van der Waals surface area contributed by atoms with E-state index >= 15 is 0 Å². The Labute approximate surface area is 179 Å². The number of likely N-dealkylation sites (tertiary alicyclic amines) is 1. The van der Waals surface area contributed by atoms with Gasteiger partial charge in [-0.1, -0.05) is 15.9 Å². The summed E-state index contributed by atoms with van der Waals surface area (Å²) in [7, 11) is -4.42. The second-order valence-electron chi connectivity index (χ2n) is 6.83. The number of nitrogens with zero attached hydrogens (tertiary/aromatic N) is 1. The maximum Gasteiger partial charge on any atom is 0.417 e. The van der Waals surface area contributed by atoms with Crippen molar-refractivity contribution in [2.24, 2.45) is 0 Å². The lowest BCUT2D eigenvalue weighted by atomic mass is 10.0. The summed E-state index contributed by atoms with van der Waals surface area (Å²) in [4.78, 5) is 13.1. The van der Waals surface area contributed by atoms with E-state index in [0.717, 1.165) is 12.1 Å². The van der Waals surface area contributed by atoms with Gasteiger partial charge in [0.2, 0.25) is 10.0 Å². The highest BCUT2D eigenvalue weighted by Crippen LogP contribution is 2.36. The van der Waals surface area contributed by atoms with Gasteiger partial charge in [0, 0.05) is 29.2 Å². The van der Waals surface area contributed by atoms with Gasteiger partial charge in [-0.25, -0.2) is 17.5 Å². The molecule has 0 saturated carbocycles. The zero-order chi connectivity index (χ0) is 22.1. The number of benzene rings is 2. The second-order valence-corrected chi connectivity index (χ2v) is 9.43. The molecule has 1 aliphatic heterocycles. The zero-order valence-corrected chi connectivity index (χ0v) is 17.8. The molecule has 0 spiro atoms.